The number of nitrogens with one attached hydrogen (secondary N) is 2. The number of rotatable bonds is 5. The van der Waals surface area contributed by atoms with Crippen LogP contribution in [0.2, 0.25) is 0 Å². The smallest absolute Gasteiger partial charge is 0.280 e. The standard InChI is InChI=1S/C22H17N5O4/c1-14-19(13-23-24-21(28)16-8-4-9-17(12-16)27(30)31)22(29)26(25-14)20-11-5-7-15-6-2-3-10-18(15)20/h2-13,25H,1H3,(H,24,28). The zero-order chi connectivity index (χ0) is 22.0. The van der Waals surface area contributed by atoms with Crippen molar-refractivity contribution >= 4 is 28.6 Å². The summed E-state index contributed by atoms with van der Waals surface area (Å²) in [5.41, 5.74) is 3.43. The minimum atomic E-state index is -0.623. The van der Waals surface area contributed by atoms with E-state index in [-0.39, 0.29) is 22.4 Å². The number of carbonyl (C=O) groups excluding carboxylic acids is 1. The number of H-pyrrole nitrogens is 1. The zero-order valence-corrected chi connectivity index (χ0v) is 16.4. The maximum Gasteiger partial charge on any atom is 0.280 e. The maximum absolute atomic E-state index is 13.0. The van der Waals surface area contributed by atoms with Gasteiger partial charge in [0.25, 0.3) is 17.2 Å². The summed E-state index contributed by atoms with van der Waals surface area (Å²) >= 11 is 0. The first kappa shape index (κ1) is 19.8. The van der Waals surface area contributed by atoms with Crippen LogP contribution in [0.25, 0.3) is 16.5 Å². The van der Waals surface area contributed by atoms with Gasteiger partial charge in [0, 0.05) is 28.8 Å². The third-order valence-electron chi connectivity index (χ3n) is 4.80. The summed E-state index contributed by atoms with van der Waals surface area (Å²) in [6, 6.07) is 18.7. The van der Waals surface area contributed by atoms with Gasteiger partial charge in [-0.05, 0) is 24.4 Å². The molecule has 1 aromatic heterocycles. The van der Waals surface area contributed by atoms with Crippen molar-refractivity contribution < 1.29 is 9.72 Å². The molecule has 3 aromatic carbocycles. The first-order valence-corrected chi connectivity index (χ1v) is 9.33. The van der Waals surface area contributed by atoms with Gasteiger partial charge in [0.2, 0.25) is 0 Å². The Morgan fingerprint density at radius 3 is 2.68 bits per heavy atom. The number of hydrogen-bond donors (Lipinski definition) is 2. The van der Waals surface area contributed by atoms with Crippen molar-refractivity contribution in [3.8, 4) is 5.69 Å². The van der Waals surface area contributed by atoms with Crippen LogP contribution in [-0.2, 0) is 0 Å². The van der Waals surface area contributed by atoms with Crippen LogP contribution >= 0.6 is 0 Å². The Hall–Kier alpha value is -4.53. The fraction of sp³-hybridized carbons (Fsp3) is 0.0455. The quantitative estimate of drug-likeness (QED) is 0.295. The molecule has 0 spiro atoms. The van der Waals surface area contributed by atoms with Crippen LogP contribution in [0.3, 0.4) is 0 Å². The van der Waals surface area contributed by atoms with Crippen molar-refractivity contribution in [2.75, 3.05) is 0 Å². The summed E-state index contributed by atoms with van der Waals surface area (Å²) < 4.78 is 1.43. The SMILES string of the molecule is Cc1[nH]n(-c2cccc3ccccc23)c(=O)c1C=NNC(=O)c1cccc([N+](=O)[O-])c1. The second kappa shape index (κ2) is 8.07. The lowest BCUT2D eigenvalue weighted by Gasteiger charge is -2.06. The van der Waals surface area contributed by atoms with E-state index in [9.17, 15) is 19.7 Å². The number of carbonyl (C=O) groups is 1. The monoisotopic (exact) mass is 415 g/mol. The predicted molar refractivity (Wildman–Crippen MR) is 117 cm³/mol. The molecule has 9 heteroatoms. The molecule has 4 aromatic rings. The van der Waals surface area contributed by atoms with Gasteiger partial charge in [-0.2, -0.15) is 5.10 Å². The molecule has 0 fully saturated rings. The van der Waals surface area contributed by atoms with Gasteiger partial charge in [-0.3, -0.25) is 24.8 Å². The fourth-order valence-corrected chi connectivity index (χ4v) is 3.27. The molecule has 31 heavy (non-hydrogen) atoms. The van der Waals surface area contributed by atoms with E-state index in [1.54, 1.807) is 6.92 Å². The van der Waals surface area contributed by atoms with Crippen LogP contribution in [0.15, 0.2) is 76.6 Å². The van der Waals surface area contributed by atoms with Crippen molar-refractivity contribution in [2.24, 2.45) is 5.10 Å². The van der Waals surface area contributed by atoms with Gasteiger partial charge in [-0.1, -0.05) is 42.5 Å². The highest BCUT2D eigenvalue weighted by Gasteiger charge is 2.14. The lowest BCUT2D eigenvalue weighted by atomic mass is 10.1. The molecule has 0 unspecified atom stereocenters. The van der Waals surface area contributed by atoms with Gasteiger partial charge in [-0.15, -0.1) is 0 Å². The summed E-state index contributed by atoms with van der Waals surface area (Å²) in [4.78, 5) is 35.4. The molecule has 0 aliphatic heterocycles. The van der Waals surface area contributed by atoms with Crippen LogP contribution in [0.4, 0.5) is 5.69 Å². The molecule has 0 atom stereocenters. The summed E-state index contributed by atoms with van der Waals surface area (Å²) in [6.45, 7) is 1.73. The van der Waals surface area contributed by atoms with Gasteiger partial charge in [0.1, 0.15) is 0 Å². The molecule has 1 heterocycles. The Kier molecular flexibility index (Phi) is 5.15. The Morgan fingerprint density at radius 1 is 1.13 bits per heavy atom. The number of hydrazone groups is 1. The third kappa shape index (κ3) is 3.84. The van der Waals surface area contributed by atoms with E-state index >= 15 is 0 Å². The lowest BCUT2D eigenvalue weighted by Crippen LogP contribution is -2.20. The summed E-state index contributed by atoms with van der Waals surface area (Å²) in [6.07, 6.45) is 1.26. The van der Waals surface area contributed by atoms with Crippen LogP contribution in [0, 0.1) is 17.0 Å². The minimum Gasteiger partial charge on any atom is -0.295 e. The Morgan fingerprint density at radius 2 is 1.87 bits per heavy atom. The molecule has 0 saturated heterocycles. The van der Waals surface area contributed by atoms with Gasteiger partial charge in [0.15, 0.2) is 0 Å². The van der Waals surface area contributed by atoms with Crippen LogP contribution < -0.4 is 11.0 Å². The van der Waals surface area contributed by atoms with E-state index in [1.165, 1.54) is 29.1 Å². The molecule has 4 rings (SSSR count). The van der Waals surface area contributed by atoms with E-state index in [0.717, 1.165) is 16.8 Å². The minimum absolute atomic E-state index is 0.0882. The van der Waals surface area contributed by atoms with Crippen LogP contribution in [-0.4, -0.2) is 26.8 Å². The van der Waals surface area contributed by atoms with Crippen LogP contribution in [0.1, 0.15) is 21.6 Å². The number of nitrogens with zero attached hydrogens (tertiary/aromatic N) is 3. The molecular weight excluding hydrogens is 398 g/mol. The van der Waals surface area contributed by atoms with Gasteiger partial charge < -0.3 is 0 Å². The second-order valence-electron chi connectivity index (χ2n) is 6.80. The van der Waals surface area contributed by atoms with Crippen molar-refractivity contribution in [3.05, 3.63) is 104 Å². The molecule has 1 amide bonds. The molecule has 2 N–H and O–H groups in total. The lowest BCUT2D eigenvalue weighted by molar-refractivity contribution is -0.384. The summed E-state index contributed by atoms with van der Waals surface area (Å²) in [5.74, 6) is -0.623. The van der Waals surface area contributed by atoms with Crippen molar-refractivity contribution in [2.45, 2.75) is 6.92 Å². The molecule has 0 aliphatic carbocycles. The number of non-ortho nitro benzene ring substituents is 1. The number of aryl methyl sites for hydroxylation is 1. The van der Waals surface area contributed by atoms with Crippen LogP contribution in [0.5, 0.6) is 0 Å². The zero-order valence-electron chi connectivity index (χ0n) is 16.4. The number of nitro groups is 1. The Balaban J connectivity index is 1.60. The molecule has 0 radical (unpaired) electrons. The number of aromatic nitrogens is 2. The molecule has 0 bridgehead atoms. The van der Waals surface area contributed by atoms with Gasteiger partial charge in [0.05, 0.1) is 22.4 Å². The van der Waals surface area contributed by atoms with E-state index in [1.807, 2.05) is 42.5 Å². The predicted octanol–water partition coefficient (Wildman–Crippen LogP) is 3.30. The average molecular weight is 415 g/mol. The number of amides is 1. The topological polar surface area (TPSA) is 122 Å². The molecule has 0 saturated carbocycles. The van der Waals surface area contributed by atoms with Crippen molar-refractivity contribution in [1.82, 2.24) is 15.2 Å². The van der Waals surface area contributed by atoms with Gasteiger partial charge >= 0.3 is 0 Å². The molecule has 0 aliphatic rings. The van der Waals surface area contributed by atoms with E-state index in [4.69, 9.17) is 0 Å². The van der Waals surface area contributed by atoms with Crippen molar-refractivity contribution in [3.63, 3.8) is 0 Å². The highest BCUT2D eigenvalue weighted by Crippen LogP contribution is 2.21. The number of fused-ring (bicyclic) bond motifs is 1. The Labute approximate surface area is 175 Å². The van der Waals surface area contributed by atoms with E-state index in [0.29, 0.717) is 11.4 Å². The van der Waals surface area contributed by atoms with Gasteiger partial charge in [-0.25, -0.2) is 10.1 Å². The van der Waals surface area contributed by atoms with E-state index < -0.39 is 10.8 Å². The first-order valence-electron chi connectivity index (χ1n) is 9.33. The maximum atomic E-state index is 13.0. The molecule has 9 nitrogen and oxygen atoms in total. The summed E-state index contributed by atoms with van der Waals surface area (Å²) in [7, 11) is 0. The second-order valence-corrected chi connectivity index (χ2v) is 6.80. The largest absolute Gasteiger partial charge is 0.295 e. The number of benzene rings is 3. The highest BCUT2D eigenvalue weighted by molar-refractivity contribution is 5.95. The first-order chi connectivity index (χ1) is 15.0. The number of aromatic amines is 1. The fourth-order valence-electron chi connectivity index (χ4n) is 3.27. The number of hydrogen-bond acceptors (Lipinski definition) is 5. The average Bonchev–Trinajstić information content (AvgIpc) is 3.06. The highest BCUT2D eigenvalue weighted by atomic mass is 16.6. The van der Waals surface area contributed by atoms with Crippen molar-refractivity contribution in [1.29, 1.82) is 0 Å². The normalized spacial score (nSPS) is 11.1. The Bertz CT molecular complexity index is 1400. The van der Waals surface area contributed by atoms with E-state index in [2.05, 4.69) is 15.6 Å². The third-order valence-corrected chi connectivity index (χ3v) is 4.80. The molecule has 154 valence electrons. The number of nitro benzene ring substituents is 1. The summed E-state index contributed by atoms with van der Waals surface area (Å²) in [5, 5.41) is 19.7. The molecular formula is C22H17N5O4.